The van der Waals surface area contributed by atoms with Gasteiger partial charge in [0.25, 0.3) is 0 Å². The molecule has 96 valence electrons. The first kappa shape index (κ1) is 12.5. The van der Waals surface area contributed by atoms with Crippen molar-refractivity contribution in [3.05, 3.63) is 41.3 Å². The van der Waals surface area contributed by atoms with Crippen LogP contribution in [0.15, 0.2) is 22.7 Å². The Morgan fingerprint density at radius 2 is 2.28 bits per heavy atom. The van der Waals surface area contributed by atoms with Gasteiger partial charge in [0.15, 0.2) is 18.2 Å². The largest absolute Gasteiger partial charge is 0.482 e. The fourth-order valence-corrected chi connectivity index (χ4v) is 1.44. The van der Waals surface area contributed by atoms with Gasteiger partial charge >= 0.3 is 0 Å². The molecule has 1 N–H and O–H groups in total. The summed E-state index contributed by atoms with van der Waals surface area (Å²) in [6.07, 6.45) is -0.714. The van der Waals surface area contributed by atoms with Gasteiger partial charge in [-0.1, -0.05) is 11.2 Å². The molecule has 0 aliphatic carbocycles. The van der Waals surface area contributed by atoms with E-state index in [-0.39, 0.29) is 12.4 Å². The van der Waals surface area contributed by atoms with E-state index in [0.29, 0.717) is 17.3 Å². The van der Waals surface area contributed by atoms with Gasteiger partial charge in [0.05, 0.1) is 6.10 Å². The van der Waals surface area contributed by atoms with Crippen molar-refractivity contribution in [3.63, 3.8) is 0 Å². The van der Waals surface area contributed by atoms with E-state index in [2.05, 4.69) is 10.1 Å². The van der Waals surface area contributed by atoms with E-state index in [0.717, 1.165) is 0 Å². The Kier molecular flexibility index (Phi) is 3.57. The maximum Gasteiger partial charge on any atom is 0.223 e. The van der Waals surface area contributed by atoms with Gasteiger partial charge in [0, 0.05) is 6.92 Å². The third-order valence-electron chi connectivity index (χ3n) is 2.36. The Balaban J connectivity index is 2.05. The first-order valence-corrected chi connectivity index (χ1v) is 5.46. The number of hydrogen-bond donors (Lipinski definition) is 1. The van der Waals surface area contributed by atoms with Gasteiger partial charge in [-0.2, -0.15) is 4.98 Å². The minimum atomic E-state index is -0.714. The molecular weight excluding hydrogens is 239 g/mol. The standard InChI is InChI=1S/C12H13FN2O3/c1-7(16)9-3-4-11(10(13)5-9)17-6-12-14-8(2)18-15-12/h3-5,7,16H,6H2,1-2H3/t7-/m1/s1. The highest BCUT2D eigenvalue weighted by atomic mass is 19.1. The van der Waals surface area contributed by atoms with Crippen molar-refractivity contribution < 1.29 is 18.8 Å². The summed E-state index contributed by atoms with van der Waals surface area (Å²) in [5.74, 6) is 0.334. The first-order valence-electron chi connectivity index (χ1n) is 5.46. The molecule has 0 radical (unpaired) electrons. The van der Waals surface area contributed by atoms with Crippen LogP contribution in [0.4, 0.5) is 4.39 Å². The van der Waals surface area contributed by atoms with Crippen molar-refractivity contribution in [2.45, 2.75) is 26.6 Å². The maximum absolute atomic E-state index is 13.6. The third-order valence-corrected chi connectivity index (χ3v) is 2.36. The lowest BCUT2D eigenvalue weighted by atomic mass is 10.1. The number of aromatic nitrogens is 2. The van der Waals surface area contributed by atoms with Crippen LogP contribution in [0.3, 0.4) is 0 Å². The minimum Gasteiger partial charge on any atom is -0.482 e. The molecule has 0 spiro atoms. The lowest BCUT2D eigenvalue weighted by Gasteiger charge is -2.08. The van der Waals surface area contributed by atoms with Crippen LogP contribution in [0.25, 0.3) is 0 Å². The van der Waals surface area contributed by atoms with E-state index in [4.69, 9.17) is 9.26 Å². The molecule has 1 atom stereocenters. The SMILES string of the molecule is Cc1nc(COc2ccc([C@@H](C)O)cc2F)no1. The molecule has 5 nitrogen and oxygen atoms in total. The molecule has 0 amide bonds. The lowest BCUT2D eigenvalue weighted by molar-refractivity contribution is 0.198. The number of halogens is 1. The molecule has 0 aliphatic heterocycles. The Labute approximate surface area is 103 Å². The van der Waals surface area contributed by atoms with Crippen molar-refractivity contribution in [3.8, 4) is 5.75 Å². The number of hydrogen-bond acceptors (Lipinski definition) is 5. The number of aliphatic hydroxyl groups excluding tert-OH is 1. The van der Waals surface area contributed by atoms with Gasteiger partial charge in [-0.25, -0.2) is 4.39 Å². The second-order valence-electron chi connectivity index (χ2n) is 3.88. The van der Waals surface area contributed by atoms with Crippen molar-refractivity contribution in [2.75, 3.05) is 0 Å². The average Bonchev–Trinajstić information content (AvgIpc) is 2.73. The molecule has 2 aromatic rings. The fraction of sp³-hybridized carbons (Fsp3) is 0.333. The van der Waals surface area contributed by atoms with Crippen LogP contribution in [-0.4, -0.2) is 15.2 Å². The van der Waals surface area contributed by atoms with Crippen LogP contribution in [0.5, 0.6) is 5.75 Å². The molecule has 1 heterocycles. The van der Waals surface area contributed by atoms with Crippen LogP contribution >= 0.6 is 0 Å². The van der Waals surface area contributed by atoms with Gasteiger partial charge in [0.1, 0.15) is 0 Å². The van der Waals surface area contributed by atoms with Gasteiger partial charge in [-0.15, -0.1) is 0 Å². The number of aliphatic hydroxyl groups is 1. The molecule has 18 heavy (non-hydrogen) atoms. The third kappa shape index (κ3) is 2.84. The molecule has 0 saturated carbocycles. The number of rotatable bonds is 4. The molecular formula is C12H13FN2O3. The summed E-state index contributed by atoms with van der Waals surface area (Å²) in [6, 6.07) is 4.30. The molecule has 0 aliphatic rings. The summed E-state index contributed by atoms with van der Waals surface area (Å²) < 4.78 is 23.6. The number of ether oxygens (including phenoxy) is 1. The van der Waals surface area contributed by atoms with E-state index in [9.17, 15) is 9.50 Å². The minimum absolute atomic E-state index is 0.0300. The van der Waals surface area contributed by atoms with Crippen LogP contribution in [0.1, 0.15) is 30.3 Å². The molecule has 0 saturated heterocycles. The number of nitrogens with zero attached hydrogens (tertiary/aromatic N) is 2. The smallest absolute Gasteiger partial charge is 0.223 e. The van der Waals surface area contributed by atoms with Crippen molar-refractivity contribution in [1.82, 2.24) is 10.1 Å². The summed E-state index contributed by atoms with van der Waals surface area (Å²) in [5.41, 5.74) is 0.496. The molecule has 0 unspecified atom stereocenters. The predicted molar refractivity (Wildman–Crippen MR) is 60.4 cm³/mol. The summed E-state index contributed by atoms with van der Waals surface area (Å²) in [5, 5.41) is 12.9. The van der Waals surface area contributed by atoms with Crippen LogP contribution in [0.2, 0.25) is 0 Å². The molecule has 0 fully saturated rings. The van der Waals surface area contributed by atoms with Gasteiger partial charge < -0.3 is 14.4 Å². The summed E-state index contributed by atoms with van der Waals surface area (Å²) in [4.78, 5) is 3.94. The van der Waals surface area contributed by atoms with Gasteiger partial charge in [-0.3, -0.25) is 0 Å². The van der Waals surface area contributed by atoms with Crippen LogP contribution < -0.4 is 4.74 Å². The van der Waals surface area contributed by atoms with E-state index in [1.807, 2.05) is 0 Å². The van der Waals surface area contributed by atoms with Gasteiger partial charge in [0.2, 0.25) is 11.7 Å². The lowest BCUT2D eigenvalue weighted by Crippen LogP contribution is -2.00. The van der Waals surface area contributed by atoms with E-state index < -0.39 is 11.9 Å². The monoisotopic (exact) mass is 252 g/mol. The average molecular weight is 252 g/mol. The highest BCUT2D eigenvalue weighted by Gasteiger charge is 2.09. The normalized spacial score (nSPS) is 12.4. The zero-order chi connectivity index (χ0) is 13.1. The van der Waals surface area contributed by atoms with Crippen LogP contribution in [0, 0.1) is 12.7 Å². The topological polar surface area (TPSA) is 68.4 Å². The van der Waals surface area contributed by atoms with Gasteiger partial charge in [-0.05, 0) is 24.6 Å². The second-order valence-corrected chi connectivity index (χ2v) is 3.88. The number of aryl methyl sites for hydroxylation is 1. The maximum atomic E-state index is 13.6. The predicted octanol–water partition coefficient (Wildman–Crippen LogP) is 2.15. The summed E-state index contributed by atoms with van der Waals surface area (Å²) in [6.45, 7) is 3.26. The Morgan fingerprint density at radius 1 is 1.50 bits per heavy atom. The Morgan fingerprint density at radius 3 is 2.83 bits per heavy atom. The molecule has 1 aromatic heterocycles. The highest BCUT2D eigenvalue weighted by molar-refractivity contribution is 5.30. The zero-order valence-electron chi connectivity index (χ0n) is 10.1. The summed E-state index contributed by atoms with van der Waals surface area (Å²) in [7, 11) is 0. The fourth-order valence-electron chi connectivity index (χ4n) is 1.44. The van der Waals surface area contributed by atoms with E-state index in [1.165, 1.54) is 12.1 Å². The van der Waals surface area contributed by atoms with E-state index in [1.54, 1.807) is 19.9 Å². The quantitative estimate of drug-likeness (QED) is 0.902. The molecule has 0 bridgehead atoms. The summed E-state index contributed by atoms with van der Waals surface area (Å²) >= 11 is 0. The Bertz CT molecular complexity index is 540. The molecule has 1 aromatic carbocycles. The van der Waals surface area contributed by atoms with Crippen molar-refractivity contribution >= 4 is 0 Å². The van der Waals surface area contributed by atoms with E-state index >= 15 is 0 Å². The van der Waals surface area contributed by atoms with Crippen LogP contribution in [-0.2, 0) is 6.61 Å². The Hall–Kier alpha value is -1.95. The van der Waals surface area contributed by atoms with Crippen molar-refractivity contribution in [1.29, 1.82) is 0 Å². The first-order chi connectivity index (χ1) is 8.56. The number of benzene rings is 1. The second kappa shape index (κ2) is 5.14. The van der Waals surface area contributed by atoms with Crippen molar-refractivity contribution in [2.24, 2.45) is 0 Å². The highest BCUT2D eigenvalue weighted by Crippen LogP contribution is 2.22. The molecule has 6 heteroatoms. The molecule has 2 rings (SSSR count). The zero-order valence-corrected chi connectivity index (χ0v) is 10.1.